The highest BCUT2D eigenvalue weighted by atomic mass is 32.2. The molecule has 25 heavy (non-hydrogen) atoms. The highest BCUT2D eigenvalue weighted by Gasteiger charge is 2.22. The maximum atomic E-state index is 12.1. The van der Waals surface area contributed by atoms with E-state index in [0.29, 0.717) is 11.3 Å². The number of nitriles is 1. The molecule has 1 amide bonds. The lowest BCUT2D eigenvalue weighted by Gasteiger charge is -2.16. The third-order valence-corrected chi connectivity index (χ3v) is 4.42. The molecular formula is C19H18N2O3S. The molecule has 0 fully saturated rings. The maximum Gasteiger partial charge on any atom is 0.319 e. The third kappa shape index (κ3) is 5.66. The molecule has 0 aliphatic heterocycles. The molecule has 5 nitrogen and oxygen atoms in total. The van der Waals surface area contributed by atoms with Crippen molar-refractivity contribution in [2.75, 3.05) is 5.32 Å². The second kappa shape index (κ2) is 8.90. The second-order valence-electron chi connectivity index (χ2n) is 5.33. The lowest BCUT2D eigenvalue weighted by molar-refractivity contribution is -0.152. The van der Waals surface area contributed by atoms with Crippen molar-refractivity contribution >= 4 is 29.3 Å². The second-order valence-corrected chi connectivity index (χ2v) is 6.74. The number of esters is 1. The predicted molar refractivity (Wildman–Crippen MR) is 97.1 cm³/mol. The summed E-state index contributed by atoms with van der Waals surface area (Å²) in [6, 6.07) is 18.0. The monoisotopic (exact) mass is 354 g/mol. The van der Waals surface area contributed by atoms with E-state index < -0.39 is 23.2 Å². The van der Waals surface area contributed by atoms with Crippen LogP contribution in [0.15, 0.2) is 59.5 Å². The molecular weight excluding hydrogens is 336 g/mol. The number of thioether (sulfide) groups is 1. The fourth-order valence-electron chi connectivity index (χ4n) is 1.95. The Hall–Kier alpha value is -2.78. The van der Waals surface area contributed by atoms with Gasteiger partial charge in [-0.2, -0.15) is 5.26 Å². The van der Waals surface area contributed by atoms with Crippen molar-refractivity contribution in [3.8, 4) is 6.07 Å². The van der Waals surface area contributed by atoms with Gasteiger partial charge in [-0.05, 0) is 50.2 Å². The van der Waals surface area contributed by atoms with Crippen LogP contribution in [-0.4, -0.2) is 23.2 Å². The van der Waals surface area contributed by atoms with Gasteiger partial charge in [-0.3, -0.25) is 9.59 Å². The van der Waals surface area contributed by atoms with Crippen LogP contribution in [0, 0.1) is 11.3 Å². The highest BCUT2D eigenvalue weighted by Crippen LogP contribution is 2.23. The van der Waals surface area contributed by atoms with Crippen molar-refractivity contribution < 1.29 is 14.3 Å². The van der Waals surface area contributed by atoms with Crippen molar-refractivity contribution in [1.29, 1.82) is 5.26 Å². The Kier molecular flexibility index (Phi) is 6.61. The molecule has 0 saturated carbocycles. The smallest absolute Gasteiger partial charge is 0.319 e. The van der Waals surface area contributed by atoms with Crippen LogP contribution < -0.4 is 5.32 Å². The normalized spacial score (nSPS) is 12.5. The van der Waals surface area contributed by atoms with Crippen LogP contribution in [0.5, 0.6) is 0 Å². The van der Waals surface area contributed by atoms with Crippen LogP contribution in [0.4, 0.5) is 5.69 Å². The summed E-state index contributed by atoms with van der Waals surface area (Å²) < 4.78 is 5.24. The number of carbonyl (C=O) groups excluding carboxylic acids is 2. The summed E-state index contributed by atoms with van der Waals surface area (Å²) in [4.78, 5) is 25.2. The molecule has 0 aliphatic carbocycles. The molecule has 0 spiro atoms. The van der Waals surface area contributed by atoms with E-state index >= 15 is 0 Å². The van der Waals surface area contributed by atoms with Gasteiger partial charge >= 0.3 is 5.97 Å². The van der Waals surface area contributed by atoms with E-state index in [1.807, 2.05) is 36.4 Å². The summed E-state index contributed by atoms with van der Waals surface area (Å²) in [5.74, 6) is -0.869. The van der Waals surface area contributed by atoms with E-state index in [4.69, 9.17) is 10.00 Å². The molecule has 1 N–H and O–H groups in total. The predicted octanol–water partition coefficient (Wildman–Crippen LogP) is 3.61. The third-order valence-electron chi connectivity index (χ3n) is 3.33. The van der Waals surface area contributed by atoms with E-state index in [1.165, 1.54) is 18.7 Å². The van der Waals surface area contributed by atoms with Gasteiger partial charge in [-0.1, -0.05) is 18.2 Å². The largest absolute Gasteiger partial charge is 0.452 e. The SMILES string of the molecule is C[C@H](OC(=O)[C@H](C)Sc1ccccc1)C(=O)Nc1ccc(C#N)cc1. The van der Waals surface area contributed by atoms with Crippen LogP contribution in [0.3, 0.4) is 0 Å². The molecule has 6 heteroatoms. The number of hydrogen-bond donors (Lipinski definition) is 1. The fraction of sp³-hybridized carbons (Fsp3) is 0.211. The van der Waals surface area contributed by atoms with Crippen molar-refractivity contribution in [2.24, 2.45) is 0 Å². The number of amides is 1. The molecule has 0 aliphatic rings. The Bertz CT molecular complexity index is 770. The van der Waals surface area contributed by atoms with Crippen molar-refractivity contribution in [2.45, 2.75) is 30.1 Å². The van der Waals surface area contributed by atoms with E-state index in [2.05, 4.69) is 5.32 Å². The number of rotatable bonds is 6. The molecule has 0 unspecified atom stereocenters. The van der Waals surface area contributed by atoms with E-state index in [-0.39, 0.29) is 0 Å². The summed E-state index contributed by atoms with van der Waals surface area (Å²) in [7, 11) is 0. The number of benzene rings is 2. The van der Waals surface area contributed by atoms with E-state index in [1.54, 1.807) is 31.2 Å². The topological polar surface area (TPSA) is 79.2 Å². The van der Waals surface area contributed by atoms with Gasteiger partial charge in [0.05, 0.1) is 11.6 Å². The number of hydrogen-bond acceptors (Lipinski definition) is 5. The molecule has 128 valence electrons. The van der Waals surface area contributed by atoms with E-state index in [9.17, 15) is 9.59 Å². The molecule has 0 saturated heterocycles. The first-order chi connectivity index (χ1) is 12.0. The van der Waals surface area contributed by atoms with Crippen LogP contribution in [0.1, 0.15) is 19.4 Å². The van der Waals surface area contributed by atoms with Gasteiger partial charge in [0.25, 0.3) is 5.91 Å². The van der Waals surface area contributed by atoms with Gasteiger partial charge in [-0.25, -0.2) is 0 Å². The van der Waals surface area contributed by atoms with Gasteiger partial charge in [-0.15, -0.1) is 11.8 Å². The number of nitrogens with zero attached hydrogens (tertiary/aromatic N) is 1. The number of carbonyl (C=O) groups is 2. The Morgan fingerprint density at radius 1 is 1.08 bits per heavy atom. The molecule has 2 aromatic rings. The Morgan fingerprint density at radius 2 is 1.72 bits per heavy atom. The number of ether oxygens (including phenoxy) is 1. The highest BCUT2D eigenvalue weighted by molar-refractivity contribution is 8.00. The summed E-state index contributed by atoms with van der Waals surface area (Å²) in [6.45, 7) is 3.27. The Morgan fingerprint density at radius 3 is 2.32 bits per heavy atom. The lowest BCUT2D eigenvalue weighted by atomic mass is 10.2. The Balaban J connectivity index is 1.86. The summed E-state index contributed by atoms with van der Waals surface area (Å²) in [6.07, 6.45) is -0.915. The van der Waals surface area contributed by atoms with Gasteiger partial charge in [0.15, 0.2) is 6.10 Å². The minimum absolute atomic E-state index is 0.421. The van der Waals surface area contributed by atoms with Crippen molar-refractivity contribution in [3.05, 3.63) is 60.2 Å². The maximum absolute atomic E-state index is 12.1. The molecule has 2 aromatic carbocycles. The molecule has 0 radical (unpaired) electrons. The quantitative estimate of drug-likeness (QED) is 0.633. The minimum Gasteiger partial charge on any atom is -0.452 e. The zero-order valence-electron chi connectivity index (χ0n) is 13.9. The number of nitrogens with one attached hydrogen (secondary N) is 1. The Labute approximate surface area is 151 Å². The van der Waals surface area contributed by atoms with Gasteiger partial charge < -0.3 is 10.1 Å². The molecule has 2 rings (SSSR count). The van der Waals surface area contributed by atoms with Gasteiger partial charge in [0.1, 0.15) is 5.25 Å². The minimum atomic E-state index is -0.915. The van der Waals surface area contributed by atoms with Crippen molar-refractivity contribution in [3.63, 3.8) is 0 Å². The summed E-state index contributed by atoms with van der Waals surface area (Å²) in [5, 5.41) is 11.0. The van der Waals surface area contributed by atoms with E-state index in [0.717, 1.165) is 4.90 Å². The zero-order valence-corrected chi connectivity index (χ0v) is 14.7. The van der Waals surface area contributed by atoms with Crippen LogP contribution >= 0.6 is 11.8 Å². The average molecular weight is 354 g/mol. The first kappa shape index (κ1) is 18.6. The van der Waals surface area contributed by atoms with Gasteiger partial charge in [0, 0.05) is 10.6 Å². The van der Waals surface area contributed by atoms with Crippen LogP contribution in [0.2, 0.25) is 0 Å². The average Bonchev–Trinajstić information content (AvgIpc) is 2.63. The van der Waals surface area contributed by atoms with Crippen LogP contribution in [0.25, 0.3) is 0 Å². The van der Waals surface area contributed by atoms with Crippen LogP contribution in [-0.2, 0) is 14.3 Å². The molecule has 0 heterocycles. The zero-order chi connectivity index (χ0) is 18.2. The molecule has 0 aromatic heterocycles. The van der Waals surface area contributed by atoms with Crippen molar-refractivity contribution in [1.82, 2.24) is 0 Å². The first-order valence-corrected chi connectivity index (χ1v) is 8.61. The first-order valence-electron chi connectivity index (χ1n) is 7.73. The lowest BCUT2D eigenvalue weighted by Crippen LogP contribution is -2.32. The summed E-state index contributed by atoms with van der Waals surface area (Å²) >= 11 is 1.38. The number of anilines is 1. The fourth-order valence-corrected chi connectivity index (χ4v) is 2.82. The summed E-state index contributed by atoms with van der Waals surface area (Å²) in [5.41, 5.74) is 1.04. The molecule has 0 bridgehead atoms. The standard InChI is InChI=1S/C19H18N2O3S/c1-13(18(22)21-16-10-8-15(12-20)9-11-16)24-19(23)14(2)25-17-6-4-3-5-7-17/h3-11,13-14H,1-2H3,(H,21,22)/t13-,14-/m0/s1. The molecule has 2 atom stereocenters. The van der Waals surface area contributed by atoms with Gasteiger partial charge in [0.2, 0.25) is 0 Å².